The molecule has 0 aliphatic carbocycles. The van der Waals surface area contributed by atoms with Gasteiger partial charge >= 0.3 is 0 Å². The maximum Gasteiger partial charge on any atom is 0.243 e. The SMILES string of the molecule is CC(C)CNC(=O)[C@@H](Cc1ccccc1)N(Cc1ccc(Cl)c(Cl)c1)C(=O)CCSCc1ccccc1. The minimum Gasteiger partial charge on any atom is -0.354 e. The van der Waals surface area contributed by atoms with Gasteiger partial charge < -0.3 is 10.2 Å². The average Bonchev–Trinajstić information content (AvgIpc) is 2.90. The minimum absolute atomic E-state index is 0.0627. The van der Waals surface area contributed by atoms with E-state index in [4.69, 9.17) is 23.2 Å². The number of amides is 2. The molecule has 0 heterocycles. The van der Waals surface area contributed by atoms with Crippen molar-refractivity contribution in [2.24, 2.45) is 5.92 Å². The van der Waals surface area contributed by atoms with Crippen LogP contribution in [0, 0.1) is 5.92 Å². The maximum absolute atomic E-state index is 13.7. The first-order valence-electron chi connectivity index (χ1n) is 12.5. The summed E-state index contributed by atoms with van der Waals surface area (Å²) in [4.78, 5) is 28.8. The number of nitrogens with one attached hydrogen (secondary N) is 1. The Balaban J connectivity index is 1.81. The van der Waals surface area contributed by atoms with Crippen LogP contribution in [-0.4, -0.2) is 35.1 Å². The van der Waals surface area contributed by atoms with Crippen LogP contribution >= 0.6 is 35.0 Å². The van der Waals surface area contributed by atoms with Crippen molar-refractivity contribution >= 4 is 46.8 Å². The van der Waals surface area contributed by atoms with Gasteiger partial charge in [0.2, 0.25) is 11.8 Å². The lowest BCUT2D eigenvalue weighted by Gasteiger charge is -2.32. The van der Waals surface area contributed by atoms with Crippen molar-refractivity contribution in [2.45, 2.75) is 45.0 Å². The van der Waals surface area contributed by atoms with E-state index in [1.807, 2.05) is 54.6 Å². The van der Waals surface area contributed by atoms with Gasteiger partial charge in [0.1, 0.15) is 6.04 Å². The number of halogens is 2. The van der Waals surface area contributed by atoms with E-state index in [2.05, 4.69) is 31.3 Å². The normalized spacial score (nSPS) is 11.8. The zero-order valence-corrected chi connectivity index (χ0v) is 23.7. The summed E-state index contributed by atoms with van der Waals surface area (Å²) in [6.45, 7) is 4.92. The van der Waals surface area contributed by atoms with Gasteiger partial charge in [-0.3, -0.25) is 9.59 Å². The van der Waals surface area contributed by atoms with Gasteiger partial charge in [-0.1, -0.05) is 104 Å². The smallest absolute Gasteiger partial charge is 0.243 e. The number of rotatable bonds is 13. The second-order valence-corrected chi connectivity index (χ2v) is 11.3. The van der Waals surface area contributed by atoms with Gasteiger partial charge in [0.25, 0.3) is 0 Å². The van der Waals surface area contributed by atoms with Crippen LogP contribution in [0.4, 0.5) is 0 Å². The number of benzene rings is 3. The molecule has 0 saturated heterocycles. The highest BCUT2D eigenvalue weighted by Gasteiger charge is 2.30. The molecule has 3 aromatic carbocycles. The van der Waals surface area contributed by atoms with Gasteiger partial charge in [-0.15, -0.1) is 0 Å². The number of thioether (sulfide) groups is 1. The lowest BCUT2D eigenvalue weighted by atomic mass is 10.0. The Bertz CT molecular complexity index is 1140. The van der Waals surface area contributed by atoms with Gasteiger partial charge in [-0.2, -0.15) is 11.8 Å². The van der Waals surface area contributed by atoms with E-state index in [9.17, 15) is 9.59 Å². The molecule has 3 rings (SSSR count). The molecule has 0 bridgehead atoms. The Morgan fingerprint density at radius 1 is 0.865 bits per heavy atom. The predicted molar refractivity (Wildman–Crippen MR) is 156 cm³/mol. The summed E-state index contributed by atoms with van der Waals surface area (Å²) < 4.78 is 0. The maximum atomic E-state index is 13.7. The molecule has 7 heteroatoms. The molecule has 2 amide bonds. The topological polar surface area (TPSA) is 49.4 Å². The van der Waals surface area contributed by atoms with Crippen LogP contribution < -0.4 is 5.32 Å². The zero-order chi connectivity index (χ0) is 26.6. The number of carbonyl (C=O) groups is 2. The molecular weight excluding hydrogens is 523 g/mol. The summed E-state index contributed by atoms with van der Waals surface area (Å²) >= 11 is 14.1. The fourth-order valence-electron chi connectivity index (χ4n) is 3.88. The lowest BCUT2D eigenvalue weighted by Crippen LogP contribution is -2.51. The van der Waals surface area contributed by atoms with Crippen molar-refractivity contribution in [1.29, 1.82) is 0 Å². The molecule has 196 valence electrons. The molecular formula is C30H34Cl2N2O2S. The van der Waals surface area contributed by atoms with Crippen molar-refractivity contribution in [2.75, 3.05) is 12.3 Å². The van der Waals surface area contributed by atoms with Crippen LogP contribution in [0.3, 0.4) is 0 Å². The highest BCUT2D eigenvalue weighted by Crippen LogP contribution is 2.25. The zero-order valence-electron chi connectivity index (χ0n) is 21.3. The number of nitrogens with zero attached hydrogens (tertiary/aromatic N) is 1. The Morgan fingerprint density at radius 2 is 1.51 bits per heavy atom. The summed E-state index contributed by atoms with van der Waals surface area (Å²) in [5.41, 5.74) is 3.05. The third-order valence-corrected chi connectivity index (χ3v) is 7.63. The highest BCUT2D eigenvalue weighted by molar-refractivity contribution is 7.98. The van der Waals surface area contributed by atoms with Gasteiger partial charge in [-0.05, 0) is 34.7 Å². The summed E-state index contributed by atoms with van der Waals surface area (Å²) in [6, 6.07) is 24.7. The van der Waals surface area contributed by atoms with E-state index in [0.717, 1.165) is 16.9 Å². The van der Waals surface area contributed by atoms with Crippen molar-refractivity contribution in [3.63, 3.8) is 0 Å². The molecule has 0 aromatic heterocycles. The first-order valence-corrected chi connectivity index (χ1v) is 14.4. The van der Waals surface area contributed by atoms with Gasteiger partial charge in [-0.25, -0.2) is 0 Å². The van der Waals surface area contributed by atoms with Gasteiger partial charge in [0.05, 0.1) is 10.0 Å². The second kappa shape index (κ2) is 15.1. The molecule has 37 heavy (non-hydrogen) atoms. The van der Waals surface area contributed by atoms with E-state index in [0.29, 0.717) is 41.1 Å². The van der Waals surface area contributed by atoms with Crippen LogP contribution in [-0.2, 0) is 28.3 Å². The van der Waals surface area contributed by atoms with E-state index < -0.39 is 6.04 Å². The second-order valence-electron chi connectivity index (χ2n) is 9.40. The molecule has 0 aliphatic rings. The monoisotopic (exact) mass is 556 g/mol. The standard InChI is InChI=1S/C30H34Cl2N2O2S/c1-22(2)19-33-30(36)28(18-23-9-5-3-6-10-23)34(20-25-13-14-26(31)27(32)17-25)29(35)15-16-37-21-24-11-7-4-8-12-24/h3-14,17,22,28H,15-16,18-21H2,1-2H3,(H,33,36)/t28-/m1/s1. The molecule has 1 atom stereocenters. The Labute approximate surface area is 234 Å². The van der Waals surface area contributed by atoms with Gasteiger partial charge in [0.15, 0.2) is 0 Å². The highest BCUT2D eigenvalue weighted by atomic mass is 35.5. The summed E-state index contributed by atoms with van der Waals surface area (Å²) in [6.07, 6.45) is 0.760. The molecule has 0 aliphatic heterocycles. The molecule has 0 radical (unpaired) electrons. The first-order chi connectivity index (χ1) is 17.8. The Hall–Kier alpha value is -2.47. The predicted octanol–water partition coefficient (Wildman–Crippen LogP) is 7.03. The lowest BCUT2D eigenvalue weighted by molar-refractivity contribution is -0.141. The molecule has 4 nitrogen and oxygen atoms in total. The van der Waals surface area contributed by atoms with Crippen LogP contribution in [0.25, 0.3) is 0 Å². The van der Waals surface area contributed by atoms with E-state index in [-0.39, 0.29) is 18.4 Å². The van der Waals surface area contributed by atoms with Crippen molar-refractivity contribution in [1.82, 2.24) is 10.2 Å². The minimum atomic E-state index is -0.651. The molecule has 1 N–H and O–H groups in total. The number of carbonyl (C=O) groups excluding carboxylic acids is 2. The third-order valence-electron chi connectivity index (χ3n) is 5.86. The van der Waals surface area contributed by atoms with E-state index in [1.54, 1.807) is 28.8 Å². The van der Waals surface area contributed by atoms with Crippen LogP contribution in [0.1, 0.15) is 37.0 Å². The molecule has 0 fully saturated rings. The fraction of sp³-hybridized carbons (Fsp3) is 0.333. The van der Waals surface area contributed by atoms with Crippen molar-refractivity contribution < 1.29 is 9.59 Å². The summed E-state index contributed by atoms with van der Waals surface area (Å²) in [5.74, 6) is 1.59. The van der Waals surface area contributed by atoms with Crippen LogP contribution in [0.2, 0.25) is 10.0 Å². The molecule has 0 saturated carbocycles. The van der Waals surface area contributed by atoms with Crippen molar-refractivity contribution in [3.8, 4) is 0 Å². The molecule has 3 aromatic rings. The fourth-order valence-corrected chi connectivity index (χ4v) is 5.09. The van der Waals surface area contributed by atoms with Crippen LogP contribution in [0.5, 0.6) is 0 Å². The largest absolute Gasteiger partial charge is 0.354 e. The van der Waals surface area contributed by atoms with Crippen molar-refractivity contribution in [3.05, 3.63) is 106 Å². The quantitative estimate of drug-likeness (QED) is 0.230. The van der Waals surface area contributed by atoms with E-state index in [1.165, 1.54) is 5.56 Å². The Morgan fingerprint density at radius 3 is 2.14 bits per heavy atom. The Kier molecular flexibility index (Phi) is 11.8. The summed E-state index contributed by atoms with van der Waals surface area (Å²) in [5, 5.41) is 3.93. The number of hydrogen-bond acceptors (Lipinski definition) is 3. The first kappa shape index (κ1) is 29.1. The van der Waals surface area contributed by atoms with Crippen LogP contribution in [0.15, 0.2) is 78.9 Å². The van der Waals surface area contributed by atoms with Gasteiger partial charge in [0, 0.05) is 37.4 Å². The summed E-state index contributed by atoms with van der Waals surface area (Å²) in [7, 11) is 0. The molecule has 0 spiro atoms. The third kappa shape index (κ3) is 9.73. The molecule has 0 unspecified atom stereocenters. The van der Waals surface area contributed by atoms with E-state index >= 15 is 0 Å². The average molecular weight is 558 g/mol. The number of hydrogen-bond donors (Lipinski definition) is 1.